The molecule has 212 valence electrons. The predicted molar refractivity (Wildman–Crippen MR) is 136 cm³/mol. The van der Waals surface area contributed by atoms with Gasteiger partial charge in [0.05, 0.1) is 18.2 Å². The van der Waals surface area contributed by atoms with E-state index in [2.05, 4.69) is 16.3 Å². The van der Waals surface area contributed by atoms with Crippen LogP contribution in [0.3, 0.4) is 0 Å². The van der Waals surface area contributed by atoms with Crippen molar-refractivity contribution in [3.8, 4) is 5.75 Å². The zero-order chi connectivity index (χ0) is 28.2. The maximum atomic E-state index is 13.1. The first-order valence-corrected chi connectivity index (χ1v) is 13.1. The third kappa shape index (κ3) is 7.56. The Morgan fingerprint density at radius 1 is 0.897 bits per heavy atom. The molecule has 2 aliphatic rings. The van der Waals surface area contributed by atoms with E-state index >= 15 is 0 Å². The van der Waals surface area contributed by atoms with Gasteiger partial charge in [0, 0.05) is 18.2 Å². The number of para-hydroxylation sites is 1. The van der Waals surface area contributed by atoms with Crippen LogP contribution < -0.4 is 10.1 Å². The molecule has 10 heteroatoms. The standard InChI is InChI=1S/C29H32F6N2O2/c1-39-26-5-3-2-4-25(26)20-12-14-37(15-13-20)24-9-7-23(8-10-24)36-27(38)11-6-19-16-21(28(30,31)32)18-22(17-19)29(33,34)35/h2-6,11,16-18,20,23-24H,7-10,12-15H2,1H3,(H,36,38)/b11-6+. The molecule has 2 fully saturated rings. The summed E-state index contributed by atoms with van der Waals surface area (Å²) in [6.45, 7) is 1.98. The summed E-state index contributed by atoms with van der Waals surface area (Å²) in [4.78, 5) is 14.9. The molecule has 1 aliphatic heterocycles. The monoisotopic (exact) mass is 554 g/mol. The summed E-state index contributed by atoms with van der Waals surface area (Å²) in [7, 11) is 1.69. The number of rotatable bonds is 6. The largest absolute Gasteiger partial charge is 0.496 e. The lowest BCUT2D eigenvalue weighted by Gasteiger charge is -2.41. The van der Waals surface area contributed by atoms with Crippen LogP contribution in [-0.4, -0.2) is 43.1 Å². The number of alkyl halides is 6. The molecular formula is C29H32F6N2O2. The molecule has 0 spiro atoms. The van der Waals surface area contributed by atoms with Crippen LogP contribution in [0.5, 0.6) is 5.75 Å². The second kappa shape index (κ2) is 12.0. The van der Waals surface area contributed by atoms with Gasteiger partial charge >= 0.3 is 12.4 Å². The maximum Gasteiger partial charge on any atom is 0.416 e. The fourth-order valence-electron chi connectivity index (χ4n) is 5.66. The number of methoxy groups -OCH3 is 1. The molecule has 4 rings (SSSR count). The van der Waals surface area contributed by atoms with E-state index in [4.69, 9.17) is 4.74 Å². The molecule has 2 aromatic carbocycles. The minimum Gasteiger partial charge on any atom is -0.496 e. The van der Waals surface area contributed by atoms with Crippen LogP contribution >= 0.6 is 0 Å². The number of hydrogen-bond acceptors (Lipinski definition) is 3. The molecule has 4 nitrogen and oxygen atoms in total. The third-order valence-electron chi connectivity index (χ3n) is 7.70. The Hall–Kier alpha value is -3.01. The number of halogens is 6. The first-order chi connectivity index (χ1) is 18.4. The van der Waals surface area contributed by atoms with Gasteiger partial charge < -0.3 is 15.0 Å². The van der Waals surface area contributed by atoms with Crippen molar-refractivity contribution >= 4 is 12.0 Å². The first-order valence-electron chi connectivity index (χ1n) is 13.1. The van der Waals surface area contributed by atoms with Crippen molar-refractivity contribution in [3.63, 3.8) is 0 Å². The van der Waals surface area contributed by atoms with Crippen molar-refractivity contribution in [1.29, 1.82) is 0 Å². The lowest BCUT2D eigenvalue weighted by atomic mass is 9.85. The van der Waals surface area contributed by atoms with E-state index in [9.17, 15) is 31.1 Å². The predicted octanol–water partition coefficient (Wildman–Crippen LogP) is 7.05. The molecule has 0 unspecified atom stereocenters. The summed E-state index contributed by atoms with van der Waals surface area (Å²) < 4.78 is 83.9. The molecule has 0 atom stereocenters. The highest BCUT2D eigenvalue weighted by molar-refractivity contribution is 5.92. The van der Waals surface area contributed by atoms with Gasteiger partial charge in [-0.25, -0.2) is 0 Å². The van der Waals surface area contributed by atoms with Crippen molar-refractivity contribution < 1.29 is 35.9 Å². The number of nitrogens with zero attached hydrogens (tertiary/aromatic N) is 1. The van der Waals surface area contributed by atoms with Crippen LogP contribution in [0.2, 0.25) is 0 Å². The number of benzene rings is 2. The van der Waals surface area contributed by atoms with E-state index < -0.39 is 29.4 Å². The Morgan fingerprint density at radius 3 is 2.05 bits per heavy atom. The highest BCUT2D eigenvalue weighted by Gasteiger charge is 2.37. The van der Waals surface area contributed by atoms with Crippen molar-refractivity contribution in [3.05, 3.63) is 70.8 Å². The molecule has 1 saturated heterocycles. The van der Waals surface area contributed by atoms with Crippen molar-refractivity contribution in [2.24, 2.45) is 0 Å². The summed E-state index contributed by atoms with van der Waals surface area (Å²) >= 11 is 0. The normalized spacial score (nSPS) is 21.7. The van der Waals surface area contributed by atoms with Gasteiger partial charge in [-0.15, -0.1) is 0 Å². The number of carbonyl (C=O) groups is 1. The molecule has 39 heavy (non-hydrogen) atoms. The van der Waals surface area contributed by atoms with Gasteiger partial charge in [0.15, 0.2) is 0 Å². The van der Waals surface area contributed by atoms with Crippen LogP contribution in [-0.2, 0) is 17.1 Å². The zero-order valence-electron chi connectivity index (χ0n) is 21.6. The van der Waals surface area contributed by atoms with E-state index in [0.29, 0.717) is 24.1 Å². The summed E-state index contributed by atoms with van der Waals surface area (Å²) in [5.41, 5.74) is -1.92. The van der Waals surface area contributed by atoms with Gasteiger partial charge in [-0.05, 0) is 99.0 Å². The highest BCUT2D eigenvalue weighted by atomic mass is 19.4. The average Bonchev–Trinajstić information content (AvgIpc) is 2.91. The molecule has 2 aromatic rings. The van der Waals surface area contributed by atoms with Gasteiger partial charge in [0.25, 0.3) is 0 Å². The Kier molecular flexibility index (Phi) is 8.93. The molecule has 1 N–H and O–H groups in total. The van der Waals surface area contributed by atoms with Crippen LogP contribution in [0.15, 0.2) is 48.5 Å². The molecule has 0 radical (unpaired) electrons. The van der Waals surface area contributed by atoms with Gasteiger partial charge in [0.1, 0.15) is 5.75 Å². The molecule has 1 heterocycles. The SMILES string of the molecule is COc1ccccc1C1CCN(C2CCC(NC(=O)/C=C/c3cc(C(F)(F)F)cc(C(F)(F)F)c3)CC2)CC1. The molecule has 0 bridgehead atoms. The summed E-state index contributed by atoms with van der Waals surface area (Å²) in [6, 6.07) is 9.73. The van der Waals surface area contributed by atoms with E-state index in [-0.39, 0.29) is 17.7 Å². The van der Waals surface area contributed by atoms with Crippen LogP contribution in [0, 0.1) is 0 Å². The number of ether oxygens (including phenoxy) is 1. The van der Waals surface area contributed by atoms with E-state index in [1.165, 1.54) is 5.56 Å². The first kappa shape index (κ1) is 29.0. The summed E-state index contributed by atoms with van der Waals surface area (Å²) in [6.07, 6.45) is -2.45. The van der Waals surface area contributed by atoms with Crippen LogP contribution in [0.25, 0.3) is 6.08 Å². The number of likely N-dealkylation sites (tertiary alicyclic amines) is 1. The number of nitrogens with one attached hydrogen (secondary N) is 1. The number of amides is 1. The Labute approximate surface area is 224 Å². The smallest absolute Gasteiger partial charge is 0.416 e. The Balaban J connectivity index is 1.27. The molecular weight excluding hydrogens is 522 g/mol. The van der Waals surface area contributed by atoms with Crippen LogP contribution in [0.4, 0.5) is 26.3 Å². The second-order valence-corrected chi connectivity index (χ2v) is 10.2. The fourth-order valence-corrected chi connectivity index (χ4v) is 5.66. The Bertz CT molecular complexity index is 1130. The molecule has 1 amide bonds. The zero-order valence-corrected chi connectivity index (χ0v) is 21.6. The van der Waals surface area contributed by atoms with Gasteiger partial charge in [-0.1, -0.05) is 18.2 Å². The fraction of sp³-hybridized carbons (Fsp3) is 0.483. The minimum atomic E-state index is -4.94. The van der Waals surface area contributed by atoms with Gasteiger partial charge in [-0.3, -0.25) is 4.79 Å². The maximum absolute atomic E-state index is 13.1. The molecule has 1 saturated carbocycles. The van der Waals surface area contributed by atoms with Crippen molar-refractivity contribution in [2.75, 3.05) is 20.2 Å². The van der Waals surface area contributed by atoms with Gasteiger partial charge in [-0.2, -0.15) is 26.3 Å². The summed E-state index contributed by atoms with van der Waals surface area (Å²) in [5.74, 6) is 0.848. The molecule has 1 aliphatic carbocycles. The van der Waals surface area contributed by atoms with Crippen molar-refractivity contribution in [1.82, 2.24) is 10.2 Å². The van der Waals surface area contributed by atoms with E-state index in [0.717, 1.165) is 69.5 Å². The van der Waals surface area contributed by atoms with Crippen LogP contribution in [0.1, 0.15) is 66.7 Å². The number of hydrogen-bond donors (Lipinski definition) is 1. The second-order valence-electron chi connectivity index (χ2n) is 10.2. The van der Waals surface area contributed by atoms with Gasteiger partial charge in [0.2, 0.25) is 5.91 Å². The van der Waals surface area contributed by atoms with E-state index in [1.807, 2.05) is 18.2 Å². The molecule has 0 aromatic heterocycles. The third-order valence-corrected chi connectivity index (χ3v) is 7.70. The topological polar surface area (TPSA) is 41.6 Å². The van der Waals surface area contributed by atoms with E-state index in [1.54, 1.807) is 7.11 Å². The lowest BCUT2D eigenvalue weighted by molar-refractivity contribution is -0.143. The quantitative estimate of drug-likeness (QED) is 0.307. The van der Waals surface area contributed by atoms with Crippen molar-refractivity contribution in [2.45, 2.75) is 68.9 Å². The Morgan fingerprint density at radius 2 is 1.49 bits per heavy atom. The number of carbonyl (C=O) groups excluding carboxylic acids is 1. The minimum absolute atomic E-state index is 0.0663. The summed E-state index contributed by atoms with van der Waals surface area (Å²) in [5, 5.41) is 2.84. The number of piperidine rings is 1. The average molecular weight is 555 g/mol. The lowest BCUT2D eigenvalue weighted by Crippen LogP contribution is -2.46. The highest BCUT2D eigenvalue weighted by Crippen LogP contribution is 2.37.